The molecule has 0 saturated carbocycles. The average molecular weight is 236 g/mol. The summed E-state index contributed by atoms with van der Waals surface area (Å²) < 4.78 is 0. The van der Waals surface area contributed by atoms with Gasteiger partial charge in [-0.25, -0.2) is 0 Å². The van der Waals surface area contributed by atoms with Crippen molar-refractivity contribution < 1.29 is 20.4 Å². The first-order chi connectivity index (χ1) is 7.72. The van der Waals surface area contributed by atoms with E-state index in [1.165, 1.54) is 12.8 Å². The molecule has 0 aliphatic carbocycles. The van der Waals surface area contributed by atoms with Crippen LogP contribution in [0.1, 0.15) is 45.4 Å². The molecule has 100 valence electrons. The minimum absolute atomic E-state index is 0.0463. The predicted molar refractivity (Wildman–Crippen MR) is 65.2 cm³/mol. The molecule has 0 aliphatic rings. The molecule has 0 unspecified atom stereocenters. The van der Waals surface area contributed by atoms with Crippen molar-refractivity contribution in [2.24, 2.45) is 5.92 Å². The molecule has 0 atom stereocenters. The van der Waals surface area contributed by atoms with Crippen molar-refractivity contribution in [3.8, 4) is 0 Å². The summed E-state index contributed by atoms with van der Waals surface area (Å²) in [4.78, 5) is 0. The molecular weight excluding hydrogens is 208 g/mol. The Labute approximate surface area is 98.9 Å². The minimum atomic E-state index is 0.0463. The molecule has 0 bridgehead atoms. The number of rotatable bonds is 9. The van der Waals surface area contributed by atoms with Gasteiger partial charge in [-0.15, -0.1) is 0 Å². The van der Waals surface area contributed by atoms with Gasteiger partial charge < -0.3 is 20.4 Å². The lowest BCUT2D eigenvalue weighted by Crippen LogP contribution is -2.04. The van der Waals surface area contributed by atoms with Crippen LogP contribution < -0.4 is 0 Å². The van der Waals surface area contributed by atoms with Crippen LogP contribution in [0.2, 0.25) is 0 Å². The Balaban J connectivity index is 0. The van der Waals surface area contributed by atoms with Crippen molar-refractivity contribution in [1.29, 1.82) is 0 Å². The number of unbranched alkanes of at least 4 members (excludes halogenated alkanes) is 5. The largest absolute Gasteiger partial charge is 0.396 e. The van der Waals surface area contributed by atoms with Gasteiger partial charge in [-0.05, 0) is 12.8 Å². The van der Waals surface area contributed by atoms with Crippen LogP contribution in [0, 0.1) is 5.92 Å². The topological polar surface area (TPSA) is 80.9 Å². The van der Waals surface area contributed by atoms with E-state index in [2.05, 4.69) is 0 Å². The molecule has 4 heteroatoms. The van der Waals surface area contributed by atoms with Gasteiger partial charge in [-0.1, -0.05) is 32.6 Å². The molecule has 0 radical (unpaired) electrons. The summed E-state index contributed by atoms with van der Waals surface area (Å²) in [5.74, 6) is 0.0463. The highest BCUT2D eigenvalue weighted by Gasteiger charge is 1.91. The molecule has 0 aliphatic heterocycles. The Kier molecular flexibility index (Phi) is 19.6. The molecule has 4 N–H and O–H groups in total. The van der Waals surface area contributed by atoms with Crippen molar-refractivity contribution in [2.45, 2.75) is 45.4 Å². The van der Waals surface area contributed by atoms with E-state index in [1.54, 1.807) is 6.92 Å². The summed E-state index contributed by atoms with van der Waals surface area (Å²) in [6.07, 6.45) is 6.50. The summed E-state index contributed by atoms with van der Waals surface area (Å²) in [5.41, 5.74) is 0. The van der Waals surface area contributed by atoms with Crippen LogP contribution in [0.3, 0.4) is 0 Å². The lowest BCUT2D eigenvalue weighted by atomic mass is 10.1. The summed E-state index contributed by atoms with van der Waals surface area (Å²) in [6, 6.07) is 0. The van der Waals surface area contributed by atoms with Gasteiger partial charge in [0.25, 0.3) is 0 Å². The summed E-state index contributed by atoms with van der Waals surface area (Å²) >= 11 is 0. The summed E-state index contributed by atoms with van der Waals surface area (Å²) in [5, 5.41) is 33.2. The summed E-state index contributed by atoms with van der Waals surface area (Å²) in [7, 11) is 0. The first-order valence-electron chi connectivity index (χ1n) is 6.16. The predicted octanol–water partition coefficient (Wildman–Crippen LogP) is 0.919. The monoisotopic (exact) mass is 236 g/mol. The Bertz CT molecular complexity index is 97.2. The van der Waals surface area contributed by atoms with E-state index in [0.29, 0.717) is 13.2 Å². The van der Waals surface area contributed by atoms with E-state index in [1.807, 2.05) is 0 Å². The molecule has 16 heavy (non-hydrogen) atoms. The lowest BCUT2D eigenvalue weighted by molar-refractivity contribution is 0.162. The first-order valence-corrected chi connectivity index (χ1v) is 6.16. The zero-order valence-electron chi connectivity index (χ0n) is 10.4. The normalized spacial score (nSPS) is 10.1. The van der Waals surface area contributed by atoms with Crippen LogP contribution in [0.25, 0.3) is 0 Å². The van der Waals surface area contributed by atoms with E-state index in [0.717, 1.165) is 25.7 Å². The van der Waals surface area contributed by atoms with Gasteiger partial charge in [0.2, 0.25) is 0 Å². The molecular formula is C12H28O4. The number of hydrogen-bond acceptors (Lipinski definition) is 4. The average Bonchev–Trinajstić information content (AvgIpc) is 2.33. The number of hydrogen-bond donors (Lipinski definition) is 4. The van der Waals surface area contributed by atoms with E-state index >= 15 is 0 Å². The molecule has 0 spiro atoms. The maximum Gasteiger partial charge on any atom is 0.0478 e. The molecule has 0 aromatic carbocycles. The number of aliphatic hydroxyl groups excluding tert-OH is 4. The quantitative estimate of drug-likeness (QED) is 0.449. The zero-order valence-corrected chi connectivity index (χ0v) is 10.4. The first kappa shape index (κ1) is 18.2. The fourth-order valence-electron chi connectivity index (χ4n) is 0.988. The molecule has 0 fully saturated rings. The SMILES string of the molecule is CC(CO)CO.OCCCCCCCCO. The van der Waals surface area contributed by atoms with Crippen LogP contribution in [0.4, 0.5) is 0 Å². The number of aliphatic hydroxyl groups is 4. The van der Waals surface area contributed by atoms with Gasteiger partial charge in [0, 0.05) is 32.3 Å². The fraction of sp³-hybridized carbons (Fsp3) is 1.00. The molecule has 0 heterocycles. The van der Waals surface area contributed by atoms with Crippen molar-refractivity contribution in [3.05, 3.63) is 0 Å². The third-order valence-corrected chi connectivity index (χ3v) is 2.19. The molecule has 0 saturated heterocycles. The van der Waals surface area contributed by atoms with Gasteiger partial charge in [0.05, 0.1) is 0 Å². The highest BCUT2D eigenvalue weighted by atomic mass is 16.3. The van der Waals surface area contributed by atoms with Crippen LogP contribution in [-0.4, -0.2) is 46.9 Å². The van der Waals surface area contributed by atoms with Crippen molar-refractivity contribution >= 4 is 0 Å². The van der Waals surface area contributed by atoms with Gasteiger partial charge in [-0.3, -0.25) is 0 Å². The van der Waals surface area contributed by atoms with E-state index in [9.17, 15) is 0 Å². The van der Waals surface area contributed by atoms with Crippen LogP contribution in [0.5, 0.6) is 0 Å². The second-order valence-corrected chi connectivity index (χ2v) is 4.04. The molecule has 4 nitrogen and oxygen atoms in total. The lowest BCUT2D eigenvalue weighted by Gasteiger charge is -1.97. The second kappa shape index (κ2) is 17.2. The van der Waals surface area contributed by atoms with Gasteiger partial charge in [-0.2, -0.15) is 0 Å². The summed E-state index contributed by atoms with van der Waals surface area (Å²) in [6.45, 7) is 2.58. The third kappa shape index (κ3) is 19.4. The van der Waals surface area contributed by atoms with Crippen molar-refractivity contribution in [1.82, 2.24) is 0 Å². The highest BCUT2D eigenvalue weighted by Crippen LogP contribution is 2.03. The molecule has 0 aromatic heterocycles. The smallest absolute Gasteiger partial charge is 0.0478 e. The fourth-order valence-corrected chi connectivity index (χ4v) is 0.988. The maximum atomic E-state index is 8.43. The Morgan fingerprint density at radius 3 is 1.12 bits per heavy atom. The Morgan fingerprint density at radius 1 is 0.625 bits per heavy atom. The third-order valence-electron chi connectivity index (χ3n) is 2.19. The van der Waals surface area contributed by atoms with Crippen LogP contribution in [0.15, 0.2) is 0 Å². The van der Waals surface area contributed by atoms with E-state index < -0.39 is 0 Å². The van der Waals surface area contributed by atoms with Crippen molar-refractivity contribution in [2.75, 3.05) is 26.4 Å². The Morgan fingerprint density at radius 2 is 0.938 bits per heavy atom. The Hall–Kier alpha value is -0.160. The molecule has 0 amide bonds. The second-order valence-electron chi connectivity index (χ2n) is 4.04. The maximum absolute atomic E-state index is 8.43. The standard InChI is InChI=1S/C8H18O2.C4H10O2/c9-7-5-3-1-2-4-6-8-10;1-4(2-5)3-6/h9-10H,1-8H2;4-6H,2-3H2,1H3. The van der Waals surface area contributed by atoms with E-state index in [-0.39, 0.29) is 19.1 Å². The van der Waals surface area contributed by atoms with Crippen LogP contribution >= 0.6 is 0 Å². The van der Waals surface area contributed by atoms with E-state index in [4.69, 9.17) is 20.4 Å². The zero-order chi connectivity index (χ0) is 12.6. The minimum Gasteiger partial charge on any atom is -0.396 e. The highest BCUT2D eigenvalue weighted by molar-refractivity contribution is 4.43. The van der Waals surface area contributed by atoms with Gasteiger partial charge >= 0.3 is 0 Å². The van der Waals surface area contributed by atoms with Crippen molar-refractivity contribution in [3.63, 3.8) is 0 Å². The molecule has 0 aromatic rings. The van der Waals surface area contributed by atoms with Crippen LogP contribution in [-0.2, 0) is 0 Å². The molecule has 0 rings (SSSR count). The van der Waals surface area contributed by atoms with Gasteiger partial charge in [0.1, 0.15) is 0 Å². The van der Waals surface area contributed by atoms with Gasteiger partial charge in [0.15, 0.2) is 0 Å².